The number of rotatable bonds is 10. The van der Waals surface area contributed by atoms with Gasteiger partial charge in [-0.2, -0.15) is 13.2 Å². The number of halogens is 3. The summed E-state index contributed by atoms with van der Waals surface area (Å²) in [5, 5.41) is 2.92. The first-order chi connectivity index (χ1) is 18.0. The van der Waals surface area contributed by atoms with E-state index in [9.17, 15) is 22.8 Å². The lowest BCUT2D eigenvalue weighted by Crippen LogP contribution is -2.48. The smallest absolute Gasteiger partial charge is 0.416 e. The molecule has 2 aromatic rings. The number of unbranched alkanes of at least 4 members (excludes halogenated alkanes) is 1. The summed E-state index contributed by atoms with van der Waals surface area (Å²) in [6, 6.07) is 9.36. The van der Waals surface area contributed by atoms with Crippen molar-refractivity contribution in [2.45, 2.75) is 72.3 Å². The van der Waals surface area contributed by atoms with Crippen LogP contribution in [0.2, 0.25) is 0 Å². The van der Waals surface area contributed by atoms with Crippen LogP contribution in [0.25, 0.3) is 0 Å². The van der Waals surface area contributed by atoms with Gasteiger partial charge in [0.05, 0.1) is 5.56 Å². The summed E-state index contributed by atoms with van der Waals surface area (Å²) in [5.41, 5.74) is 0.894. The molecule has 1 N–H and O–H groups in total. The Morgan fingerprint density at radius 1 is 1.11 bits per heavy atom. The van der Waals surface area contributed by atoms with Gasteiger partial charge < -0.3 is 19.9 Å². The van der Waals surface area contributed by atoms with Gasteiger partial charge >= 0.3 is 6.18 Å². The van der Waals surface area contributed by atoms with E-state index in [4.69, 9.17) is 4.74 Å². The molecule has 0 aliphatic carbocycles. The lowest BCUT2D eigenvalue weighted by atomic mass is 10.00. The number of hydrogen-bond donors (Lipinski definition) is 1. The second kappa shape index (κ2) is 12.5. The number of nitrogens with one attached hydrogen (secondary N) is 1. The number of carbonyl (C=O) groups excluding carboxylic acids is 2. The maximum Gasteiger partial charge on any atom is 0.416 e. The standard InChI is InChI=1S/C29H38F3N3O3/c1-6-9-15-33-27(36)25-23-14-13-22(34(7-2)8-3)17-24(23)38-26(19(4)5)28(37)35(25)18-20-11-10-12-21(16-20)29(30,31)32/h10-14,16-17,19,25-26H,6-9,15,18H2,1-5H3,(H,33,36). The number of alkyl halides is 3. The van der Waals surface area contributed by atoms with E-state index in [0.29, 0.717) is 17.9 Å². The summed E-state index contributed by atoms with van der Waals surface area (Å²) in [6.45, 7) is 11.6. The number of anilines is 1. The predicted octanol–water partition coefficient (Wildman–Crippen LogP) is 5.95. The van der Waals surface area contributed by atoms with E-state index in [-0.39, 0.29) is 23.9 Å². The average Bonchev–Trinajstić information content (AvgIpc) is 2.99. The third-order valence-corrected chi connectivity index (χ3v) is 6.80. The molecule has 3 rings (SSSR count). The first kappa shape index (κ1) is 29.3. The molecule has 0 aromatic heterocycles. The SMILES string of the molecule is CCCCNC(=O)C1c2ccc(N(CC)CC)cc2OC(C(C)C)C(=O)N1Cc1cccc(C(F)(F)F)c1. The largest absolute Gasteiger partial charge is 0.480 e. The second-order valence-corrected chi connectivity index (χ2v) is 9.89. The van der Waals surface area contributed by atoms with Gasteiger partial charge in [0.1, 0.15) is 11.8 Å². The van der Waals surface area contributed by atoms with Crippen molar-refractivity contribution < 1.29 is 27.5 Å². The molecule has 0 bridgehead atoms. The first-order valence-electron chi connectivity index (χ1n) is 13.3. The summed E-state index contributed by atoms with van der Waals surface area (Å²) < 4.78 is 46.6. The molecule has 2 amide bonds. The van der Waals surface area contributed by atoms with Gasteiger partial charge in [-0.25, -0.2) is 0 Å². The highest BCUT2D eigenvalue weighted by molar-refractivity contribution is 5.92. The third-order valence-electron chi connectivity index (χ3n) is 6.80. The van der Waals surface area contributed by atoms with Crippen LogP contribution in [-0.4, -0.2) is 42.5 Å². The Morgan fingerprint density at radius 3 is 2.42 bits per heavy atom. The molecule has 0 spiro atoms. The number of benzene rings is 2. The van der Waals surface area contributed by atoms with Gasteiger partial charge in [-0.05, 0) is 49.9 Å². The molecule has 0 fully saturated rings. The molecule has 38 heavy (non-hydrogen) atoms. The monoisotopic (exact) mass is 533 g/mol. The van der Waals surface area contributed by atoms with Gasteiger partial charge in [-0.3, -0.25) is 9.59 Å². The zero-order valence-electron chi connectivity index (χ0n) is 22.8. The minimum Gasteiger partial charge on any atom is -0.480 e. The Balaban J connectivity index is 2.15. The topological polar surface area (TPSA) is 61.9 Å². The van der Waals surface area contributed by atoms with Gasteiger partial charge in [0.25, 0.3) is 5.91 Å². The molecular weight excluding hydrogens is 495 g/mol. The van der Waals surface area contributed by atoms with E-state index in [1.807, 2.05) is 46.8 Å². The molecular formula is C29H38F3N3O3. The van der Waals surface area contributed by atoms with Crippen LogP contribution >= 0.6 is 0 Å². The molecule has 9 heteroatoms. The molecule has 2 atom stereocenters. The zero-order valence-corrected chi connectivity index (χ0v) is 22.8. The number of hydrogen-bond acceptors (Lipinski definition) is 4. The lowest BCUT2D eigenvalue weighted by molar-refractivity contribution is -0.147. The quantitative estimate of drug-likeness (QED) is 0.383. The summed E-state index contributed by atoms with van der Waals surface area (Å²) in [6.07, 6.45) is -3.79. The van der Waals surface area contributed by atoms with E-state index in [1.54, 1.807) is 6.07 Å². The van der Waals surface area contributed by atoms with Crippen molar-refractivity contribution in [3.05, 3.63) is 59.2 Å². The van der Waals surface area contributed by atoms with E-state index in [2.05, 4.69) is 10.2 Å². The molecule has 6 nitrogen and oxygen atoms in total. The van der Waals surface area contributed by atoms with Crippen molar-refractivity contribution in [3.63, 3.8) is 0 Å². The van der Waals surface area contributed by atoms with E-state index in [1.165, 1.54) is 17.0 Å². The van der Waals surface area contributed by atoms with Crippen molar-refractivity contribution >= 4 is 17.5 Å². The van der Waals surface area contributed by atoms with Crippen molar-refractivity contribution in [2.75, 3.05) is 24.5 Å². The molecule has 2 aromatic carbocycles. The fraction of sp³-hybridized carbons (Fsp3) is 0.517. The highest BCUT2D eigenvalue weighted by Crippen LogP contribution is 2.39. The Morgan fingerprint density at radius 2 is 1.82 bits per heavy atom. The average molecular weight is 534 g/mol. The van der Waals surface area contributed by atoms with Crippen molar-refractivity contribution in [1.29, 1.82) is 0 Å². The van der Waals surface area contributed by atoms with Crippen LogP contribution in [0.1, 0.15) is 70.2 Å². The van der Waals surface area contributed by atoms with Crippen LogP contribution in [0.5, 0.6) is 5.75 Å². The van der Waals surface area contributed by atoms with Crippen molar-refractivity contribution in [3.8, 4) is 5.75 Å². The number of ether oxygens (including phenoxy) is 1. The fourth-order valence-electron chi connectivity index (χ4n) is 4.68. The number of amides is 2. The Bertz CT molecular complexity index is 1120. The van der Waals surface area contributed by atoms with E-state index in [0.717, 1.165) is 43.8 Å². The van der Waals surface area contributed by atoms with Crippen molar-refractivity contribution in [2.24, 2.45) is 5.92 Å². The molecule has 1 aliphatic rings. The van der Waals surface area contributed by atoms with Crippen LogP contribution in [0.15, 0.2) is 42.5 Å². The van der Waals surface area contributed by atoms with E-state index >= 15 is 0 Å². The first-order valence-corrected chi connectivity index (χ1v) is 13.3. The normalized spacial score (nSPS) is 17.6. The Labute approximate surface area is 223 Å². The zero-order chi connectivity index (χ0) is 28.0. The van der Waals surface area contributed by atoms with Crippen LogP contribution in [0.3, 0.4) is 0 Å². The maximum absolute atomic E-state index is 13.9. The molecule has 1 heterocycles. The minimum absolute atomic E-state index is 0.168. The number of carbonyl (C=O) groups is 2. The predicted molar refractivity (Wildman–Crippen MR) is 142 cm³/mol. The van der Waals surface area contributed by atoms with Crippen LogP contribution in [-0.2, 0) is 22.3 Å². The summed E-state index contributed by atoms with van der Waals surface area (Å²) in [4.78, 5) is 31.0. The molecule has 0 saturated heterocycles. The summed E-state index contributed by atoms with van der Waals surface area (Å²) >= 11 is 0. The molecule has 0 saturated carbocycles. The van der Waals surface area contributed by atoms with Crippen LogP contribution in [0, 0.1) is 5.92 Å². The number of nitrogens with zero attached hydrogens (tertiary/aromatic N) is 2. The maximum atomic E-state index is 13.9. The van der Waals surface area contributed by atoms with Crippen molar-refractivity contribution in [1.82, 2.24) is 10.2 Å². The molecule has 208 valence electrons. The van der Waals surface area contributed by atoms with Gasteiger partial charge in [0.2, 0.25) is 5.91 Å². The van der Waals surface area contributed by atoms with Crippen LogP contribution in [0.4, 0.5) is 18.9 Å². The molecule has 1 aliphatic heterocycles. The van der Waals surface area contributed by atoms with Gasteiger partial charge in [-0.1, -0.05) is 45.4 Å². The highest BCUT2D eigenvalue weighted by atomic mass is 19.4. The van der Waals surface area contributed by atoms with Gasteiger partial charge in [0, 0.05) is 43.5 Å². The molecule has 2 unspecified atom stereocenters. The summed E-state index contributed by atoms with van der Waals surface area (Å²) in [5.74, 6) is -0.626. The van der Waals surface area contributed by atoms with E-state index < -0.39 is 29.8 Å². The fourth-order valence-corrected chi connectivity index (χ4v) is 4.68. The highest BCUT2D eigenvalue weighted by Gasteiger charge is 2.42. The second-order valence-electron chi connectivity index (χ2n) is 9.89. The summed E-state index contributed by atoms with van der Waals surface area (Å²) in [7, 11) is 0. The molecule has 0 radical (unpaired) electrons. The lowest BCUT2D eigenvalue weighted by Gasteiger charge is -2.31. The Hall–Kier alpha value is -3.23. The third kappa shape index (κ3) is 6.60. The Kier molecular flexibility index (Phi) is 9.68. The minimum atomic E-state index is -4.52. The van der Waals surface area contributed by atoms with Gasteiger partial charge in [-0.15, -0.1) is 0 Å². The van der Waals surface area contributed by atoms with Crippen LogP contribution < -0.4 is 15.0 Å². The van der Waals surface area contributed by atoms with Gasteiger partial charge in [0.15, 0.2) is 6.10 Å². The number of fused-ring (bicyclic) bond motifs is 1.